The van der Waals surface area contributed by atoms with Crippen LogP contribution in [0.3, 0.4) is 0 Å². The summed E-state index contributed by atoms with van der Waals surface area (Å²) in [5, 5.41) is 0. The van der Waals surface area contributed by atoms with Crippen LogP contribution in [0.15, 0.2) is 60.7 Å². The number of unbranched alkanes of at least 4 members (excludes halogenated alkanes) is 1. The number of ether oxygens (including phenoxy) is 2. The summed E-state index contributed by atoms with van der Waals surface area (Å²) in [5.74, 6) is 1.33. The molecule has 1 aliphatic carbocycles. The first-order valence-corrected chi connectivity index (χ1v) is 12.9. The van der Waals surface area contributed by atoms with E-state index in [4.69, 9.17) is 9.47 Å². The van der Waals surface area contributed by atoms with Crippen molar-refractivity contribution in [2.45, 2.75) is 83.6 Å². The normalized spacial score (nSPS) is 28.2. The third-order valence-electron chi connectivity index (χ3n) is 7.84. The molecule has 0 amide bonds. The standard InChI is InChI=1S/C30H43NO2/c1-6-7-18-31-29(2,3)19-26(20-30(31,4)5)24-14-16-25(17-15-24)28-32-21-27(22-33-28)23-12-10-8-9-11-13-23/h8-17,23,26-28H,6-7,18-22H2,1-5H3. The molecule has 0 unspecified atom stereocenters. The van der Waals surface area contributed by atoms with E-state index in [0.29, 0.717) is 17.8 Å². The van der Waals surface area contributed by atoms with Crippen molar-refractivity contribution in [1.82, 2.24) is 4.90 Å². The number of piperidine rings is 1. The Morgan fingerprint density at radius 2 is 1.36 bits per heavy atom. The van der Waals surface area contributed by atoms with E-state index in [1.807, 2.05) is 0 Å². The van der Waals surface area contributed by atoms with E-state index >= 15 is 0 Å². The van der Waals surface area contributed by atoms with E-state index in [2.05, 4.69) is 100 Å². The highest BCUT2D eigenvalue weighted by Crippen LogP contribution is 2.46. The Morgan fingerprint density at radius 1 is 0.818 bits per heavy atom. The molecule has 2 aliphatic heterocycles. The molecule has 2 fully saturated rings. The summed E-state index contributed by atoms with van der Waals surface area (Å²) >= 11 is 0. The van der Waals surface area contributed by atoms with Gasteiger partial charge < -0.3 is 9.47 Å². The zero-order valence-electron chi connectivity index (χ0n) is 21.3. The molecule has 4 rings (SSSR count). The number of nitrogens with zero attached hydrogens (tertiary/aromatic N) is 1. The zero-order chi connectivity index (χ0) is 23.5. The predicted octanol–water partition coefficient (Wildman–Crippen LogP) is 7.18. The molecule has 1 aromatic rings. The lowest BCUT2D eigenvalue weighted by molar-refractivity contribution is -0.208. The molecule has 0 spiro atoms. The highest BCUT2D eigenvalue weighted by atomic mass is 16.7. The van der Waals surface area contributed by atoms with Crippen molar-refractivity contribution in [3.63, 3.8) is 0 Å². The monoisotopic (exact) mass is 449 g/mol. The minimum absolute atomic E-state index is 0.210. The number of benzene rings is 1. The van der Waals surface area contributed by atoms with Crippen molar-refractivity contribution >= 4 is 0 Å². The predicted molar refractivity (Wildman–Crippen MR) is 137 cm³/mol. The fourth-order valence-electron chi connectivity index (χ4n) is 6.22. The topological polar surface area (TPSA) is 21.7 Å². The molecular weight excluding hydrogens is 406 g/mol. The molecule has 0 atom stereocenters. The van der Waals surface area contributed by atoms with Gasteiger partial charge in [0.2, 0.25) is 0 Å². The Balaban J connectivity index is 1.38. The van der Waals surface area contributed by atoms with Crippen LogP contribution >= 0.6 is 0 Å². The number of rotatable bonds is 6. The third-order valence-corrected chi connectivity index (χ3v) is 7.84. The Hall–Kier alpha value is -1.68. The molecule has 33 heavy (non-hydrogen) atoms. The molecule has 3 heteroatoms. The molecule has 2 heterocycles. The first-order valence-electron chi connectivity index (χ1n) is 12.9. The molecule has 0 saturated carbocycles. The zero-order valence-corrected chi connectivity index (χ0v) is 21.3. The highest BCUT2D eigenvalue weighted by Gasteiger charge is 2.45. The van der Waals surface area contributed by atoms with Gasteiger partial charge in [-0.1, -0.05) is 74.1 Å². The largest absolute Gasteiger partial charge is 0.348 e. The lowest BCUT2D eigenvalue weighted by Gasteiger charge is -2.55. The van der Waals surface area contributed by atoms with Gasteiger partial charge in [0.25, 0.3) is 0 Å². The van der Waals surface area contributed by atoms with Gasteiger partial charge in [-0.05, 0) is 65.0 Å². The van der Waals surface area contributed by atoms with E-state index in [1.165, 1.54) is 37.8 Å². The van der Waals surface area contributed by atoms with Gasteiger partial charge in [0, 0.05) is 28.5 Å². The number of likely N-dealkylation sites (tertiary alicyclic amines) is 1. The second kappa shape index (κ2) is 10.3. The molecule has 0 N–H and O–H groups in total. The van der Waals surface area contributed by atoms with Gasteiger partial charge in [0.05, 0.1) is 13.2 Å². The number of hydrogen-bond donors (Lipinski definition) is 0. The molecule has 0 aromatic heterocycles. The number of hydrogen-bond acceptors (Lipinski definition) is 3. The maximum atomic E-state index is 6.16. The summed E-state index contributed by atoms with van der Waals surface area (Å²) in [4.78, 5) is 2.75. The SMILES string of the molecule is CCCCN1C(C)(C)CC(c2ccc(C3OCC(C4C=CC=CC=C4)CO3)cc2)CC1(C)C. The first kappa shape index (κ1) is 24.4. The molecule has 3 nitrogen and oxygen atoms in total. The molecule has 1 aromatic carbocycles. The maximum Gasteiger partial charge on any atom is 0.183 e. The maximum absolute atomic E-state index is 6.16. The van der Waals surface area contributed by atoms with Crippen molar-refractivity contribution in [3.05, 3.63) is 71.8 Å². The van der Waals surface area contributed by atoms with Crippen molar-refractivity contribution in [2.24, 2.45) is 11.8 Å². The van der Waals surface area contributed by atoms with Gasteiger partial charge in [0.15, 0.2) is 6.29 Å². The molecule has 3 aliphatic rings. The smallest absolute Gasteiger partial charge is 0.183 e. The second-order valence-corrected chi connectivity index (χ2v) is 11.4. The quantitative estimate of drug-likeness (QED) is 0.459. The van der Waals surface area contributed by atoms with Gasteiger partial charge in [-0.2, -0.15) is 0 Å². The average Bonchev–Trinajstić information content (AvgIpc) is 3.08. The Kier molecular flexibility index (Phi) is 7.63. The van der Waals surface area contributed by atoms with E-state index in [-0.39, 0.29) is 17.4 Å². The van der Waals surface area contributed by atoms with E-state index in [0.717, 1.165) is 18.8 Å². The highest BCUT2D eigenvalue weighted by molar-refractivity contribution is 5.28. The van der Waals surface area contributed by atoms with E-state index in [1.54, 1.807) is 0 Å². The second-order valence-electron chi connectivity index (χ2n) is 11.4. The third kappa shape index (κ3) is 5.70. The minimum atomic E-state index is -0.254. The lowest BCUT2D eigenvalue weighted by Crippen LogP contribution is -2.60. The van der Waals surface area contributed by atoms with E-state index in [9.17, 15) is 0 Å². The summed E-state index contributed by atoms with van der Waals surface area (Å²) in [6.45, 7) is 14.7. The van der Waals surface area contributed by atoms with Crippen LogP contribution in [0, 0.1) is 11.8 Å². The van der Waals surface area contributed by atoms with Gasteiger partial charge in [-0.15, -0.1) is 0 Å². The van der Waals surface area contributed by atoms with Crippen molar-refractivity contribution in [1.29, 1.82) is 0 Å². The van der Waals surface area contributed by atoms with Crippen molar-refractivity contribution < 1.29 is 9.47 Å². The number of allylic oxidation sites excluding steroid dienone is 6. The fraction of sp³-hybridized carbons (Fsp3) is 0.600. The Morgan fingerprint density at radius 3 is 1.91 bits per heavy atom. The van der Waals surface area contributed by atoms with Crippen LogP contribution in [-0.4, -0.2) is 35.7 Å². The van der Waals surface area contributed by atoms with Crippen LogP contribution in [0.2, 0.25) is 0 Å². The van der Waals surface area contributed by atoms with Gasteiger partial charge in [0.1, 0.15) is 0 Å². The van der Waals surface area contributed by atoms with Gasteiger partial charge in [-0.25, -0.2) is 0 Å². The lowest BCUT2D eigenvalue weighted by atomic mass is 9.71. The molecular formula is C30H43NO2. The van der Waals surface area contributed by atoms with Crippen LogP contribution in [0.4, 0.5) is 0 Å². The van der Waals surface area contributed by atoms with Crippen molar-refractivity contribution in [2.75, 3.05) is 19.8 Å². The van der Waals surface area contributed by atoms with E-state index < -0.39 is 0 Å². The van der Waals surface area contributed by atoms with Crippen LogP contribution in [0.5, 0.6) is 0 Å². The summed E-state index contributed by atoms with van der Waals surface area (Å²) in [5.41, 5.74) is 3.00. The van der Waals surface area contributed by atoms with Crippen LogP contribution < -0.4 is 0 Å². The molecule has 0 radical (unpaired) electrons. The molecule has 180 valence electrons. The summed E-state index contributed by atoms with van der Waals surface area (Å²) in [6, 6.07) is 9.07. The Labute approximate surface area is 201 Å². The summed E-state index contributed by atoms with van der Waals surface area (Å²) < 4.78 is 12.3. The molecule has 2 saturated heterocycles. The van der Waals surface area contributed by atoms with Crippen LogP contribution in [-0.2, 0) is 9.47 Å². The first-order chi connectivity index (χ1) is 15.8. The average molecular weight is 450 g/mol. The summed E-state index contributed by atoms with van der Waals surface area (Å²) in [7, 11) is 0. The van der Waals surface area contributed by atoms with Gasteiger partial charge in [-0.3, -0.25) is 4.90 Å². The van der Waals surface area contributed by atoms with Crippen LogP contribution in [0.1, 0.15) is 83.6 Å². The van der Waals surface area contributed by atoms with Crippen LogP contribution in [0.25, 0.3) is 0 Å². The minimum Gasteiger partial charge on any atom is -0.348 e. The van der Waals surface area contributed by atoms with Gasteiger partial charge >= 0.3 is 0 Å². The molecule has 0 bridgehead atoms. The summed E-state index contributed by atoms with van der Waals surface area (Å²) in [6.07, 6.45) is 17.5. The van der Waals surface area contributed by atoms with Crippen molar-refractivity contribution in [3.8, 4) is 0 Å². The Bertz CT molecular complexity index is 822. The fourth-order valence-corrected chi connectivity index (χ4v) is 6.22.